The number of ether oxygens (including phenoxy) is 2. The van der Waals surface area contributed by atoms with E-state index in [-0.39, 0.29) is 11.0 Å². The lowest BCUT2D eigenvalue weighted by Gasteiger charge is -2.15. The highest BCUT2D eigenvalue weighted by molar-refractivity contribution is 9.10. The molecule has 2 aromatic rings. The number of halogens is 1. The third kappa shape index (κ3) is 9.57. The molecule has 0 bridgehead atoms. The summed E-state index contributed by atoms with van der Waals surface area (Å²) >= 11 is 8.73. The van der Waals surface area contributed by atoms with Crippen LogP contribution in [0.3, 0.4) is 0 Å². The van der Waals surface area contributed by atoms with Gasteiger partial charge >= 0.3 is 0 Å². The summed E-state index contributed by atoms with van der Waals surface area (Å²) in [5.74, 6) is 1.37. The maximum atomic E-state index is 12.8. The fourth-order valence-electron chi connectivity index (χ4n) is 2.92. The van der Waals surface area contributed by atoms with Gasteiger partial charge in [-0.15, -0.1) is 0 Å². The lowest BCUT2D eigenvalue weighted by molar-refractivity contribution is 0.0973. The number of benzene rings is 2. The zero-order chi connectivity index (χ0) is 23.3. The van der Waals surface area contributed by atoms with Gasteiger partial charge in [0.05, 0.1) is 18.8 Å². The van der Waals surface area contributed by atoms with Crippen LogP contribution in [-0.4, -0.2) is 24.2 Å². The second-order valence-electron chi connectivity index (χ2n) is 8.04. The van der Waals surface area contributed by atoms with Crippen LogP contribution in [-0.2, 0) is 0 Å². The lowest BCUT2D eigenvalue weighted by Crippen LogP contribution is -2.34. The zero-order valence-corrected chi connectivity index (χ0v) is 21.5. The highest BCUT2D eigenvalue weighted by Crippen LogP contribution is 2.24. The summed E-state index contributed by atoms with van der Waals surface area (Å²) in [5.41, 5.74) is 1.20. The van der Waals surface area contributed by atoms with E-state index in [9.17, 15) is 4.79 Å². The Morgan fingerprint density at radius 2 is 1.75 bits per heavy atom. The Labute approximate surface area is 205 Å². The van der Waals surface area contributed by atoms with Crippen molar-refractivity contribution in [2.24, 2.45) is 5.92 Å². The van der Waals surface area contributed by atoms with Crippen LogP contribution in [0.4, 0.5) is 5.69 Å². The minimum atomic E-state index is -0.328. The van der Waals surface area contributed by atoms with Gasteiger partial charge in [-0.05, 0) is 67.0 Å². The number of unbranched alkanes of at least 4 members (excludes halogenated alkanes) is 4. The minimum absolute atomic E-state index is 0.217. The van der Waals surface area contributed by atoms with E-state index in [1.165, 1.54) is 25.7 Å². The molecule has 0 aliphatic carbocycles. The fourth-order valence-corrected chi connectivity index (χ4v) is 3.50. The predicted molar refractivity (Wildman–Crippen MR) is 139 cm³/mol. The highest BCUT2D eigenvalue weighted by Gasteiger charge is 2.15. The molecule has 0 fully saturated rings. The van der Waals surface area contributed by atoms with Crippen LogP contribution >= 0.6 is 28.1 Å². The molecule has 174 valence electrons. The van der Waals surface area contributed by atoms with Gasteiger partial charge in [-0.2, -0.15) is 0 Å². The number of amides is 1. The smallest absolute Gasteiger partial charge is 0.261 e. The van der Waals surface area contributed by atoms with Crippen LogP contribution in [0.5, 0.6) is 11.5 Å². The molecule has 2 rings (SSSR count). The van der Waals surface area contributed by atoms with Crippen molar-refractivity contribution in [3.8, 4) is 11.5 Å². The summed E-state index contributed by atoms with van der Waals surface area (Å²) in [6.07, 6.45) is 6.05. The second-order valence-corrected chi connectivity index (χ2v) is 9.36. The van der Waals surface area contributed by atoms with Gasteiger partial charge in [-0.1, -0.05) is 62.4 Å². The van der Waals surface area contributed by atoms with Crippen LogP contribution in [0.1, 0.15) is 63.2 Å². The van der Waals surface area contributed by atoms with E-state index in [1.807, 2.05) is 30.3 Å². The van der Waals surface area contributed by atoms with Crippen LogP contribution in [0.2, 0.25) is 0 Å². The molecule has 0 spiro atoms. The zero-order valence-electron chi connectivity index (χ0n) is 19.1. The highest BCUT2D eigenvalue weighted by atomic mass is 79.9. The molecule has 0 radical (unpaired) electrons. The molecule has 0 unspecified atom stereocenters. The van der Waals surface area contributed by atoms with Crippen LogP contribution in [0.25, 0.3) is 0 Å². The Morgan fingerprint density at radius 1 is 1.03 bits per heavy atom. The standard InChI is InChI=1S/C25H33BrN2O3S/c1-4-5-6-7-8-15-30-21-12-10-20(11-13-21)27-25(32)28-24(29)22-16-19(26)9-14-23(22)31-17-18(2)3/h9-14,16,18H,4-8,15,17H2,1-3H3,(H2,27,28,29,32). The first-order valence-electron chi connectivity index (χ1n) is 11.2. The van der Waals surface area contributed by atoms with Gasteiger partial charge in [0, 0.05) is 10.2 Å². The fraction of sp³-hybridized carbons (Fsp3) is 0.440. The van der Waals surface area contributed by atoms with Crippen LogP contribution in [0, 0.1) is 5.92 Å². The molecule has 0 heterocycles. The first-order chi connectivity index (χ1) is 15.4. The summed E-state index contributed by atoms with van der Waals surface area (Å²) in [6, 6.07) is 12.9. The third-order valence-corrected chi connectivity index (χ3v) is 5.31. The molecule has 0 saturated carbocycles. The molecule has 2 N–H and O–H groups in total. The van der Waals surface area contributed by atoms with Gasteiger partial charge < -0.3 is 14.8 Å². The monoisotopic (exact) mass is 520 g/mol. The maximum absolute atomic E-state index is 12.8. The number of thiocarbonyl (C=S) groups is 1. The van der Waals surface area contributed by atoms with E-state index in [0.29, 0.717) is 23.8 Å². The first-order valence-corrected chi connectivity index (χ1v) is 12.4. The second kappa shape index (κ2) is 14.1. The Morgan fingerprint density at radius 3 is 2.44 bits per heavy atom. The van der Waals surface area contributed by atoms with Crippen LogP contribution in [0.15, 0.2) is 46.9 Å². The van der Waals surface area contributed by atoms with Gasteiger partial charge in [0.2, 0.25) is 0 Å². The largest absolute Gasteiger partial charge is 0.494 e. The quantitative estimate of drug-likeness (QED) is 0.234. The van der Waals surface area contributed by atoms with E-state index in [1.54, 1.807) is 12.1 Å². The van der Waals surface area contributed by atoms with Gasteiger partial charge in [-0.25, -0.2) is 0 Å². The third-order valence-electron chi connectivity index (χ3n) is 4.61. The molecular formula is C25H33BrN2O3S. The van der Waals surface area contributed by atoms with Crippen molar-refractivity contribution in [2.45, 2.75) is 52.9 Å². The maximum Gasteiger partial charge on any atom is 0.261 e. The molecule has 7 heteroatoms. The minimum Gasteiger partial charge on any atom is -0.494 e. The van der Waals surface area contributed by atoms with Gasteiger partial charge in [0.25, 0.3) is 5.91 Å². The van der Waals surface area contributed by atoms with Crippen molar-refractivity contribution >= 4 is 44.9 Å². The number of nitrogens with one attached hydrogen (secondary N) is 2. The Bertz CT molecular complexity index is 872. The van der Waals surface area contributed by atoms with Gasteiger partial charge in [0.1, 0.15) is 11.5 Å². The molecule has 0 aliphatic heterocycles. The van der Waals surface area contributed by atoms with Gasteiger partial charge in [-0.3, -0.25) is 10.1 Å². The SMILES string of the molecule is CCCCCCCOc1ccc(NC(=S)NC(=O)c2cc(Br)ccc2OCC(C)C)cc1. The Kier molecular flexibility index (Phi) is 11.5. The molecule has 0 aliphatic rings. The number of carbonyl (C=O) groups excluding carboxylic acids is 1. The topological polar surface area (TPSA) is 59.6 Å². The van der Waals surface area contributed by atoms with Gasteiger partial charge in [0.15, 0.2) is 5.11 Å². The predicted octanol–water partition coefficient (Wildman–Crippen LogP) is 6.96. The lowest BCUT2D eigenvalue weighted by atomic mass is 10.2. The summed E-state index contributed by atoms with van der Waals surface area (Å²) in [5, 5.41) is 5.98. The normalized spacial score (nSPS) is 10.7. The van der Waals surface area contributed by atoms with Crippen molar-refractivity contribution in [1.29, 1.82) is 0 Å². The van der Waals surface area contributed by atoms with Crippen LogP contribution < -0.4 is 20.1 Å². The molecule has 0 aromatic heterocycles. The average molecular weight is 522 g/mol. The number of anilines is 1. The Balaban J connectivity index is 1.86. The molecular weight excluding hydrogens is 488 g/mol. The van der Waals surface area contributed by atoms with E-state index in [0.717, 1.165) is 28.9 Å². The molecule has 32 heavy (non-hydrogen) atoms. The number of rotatable bonds is 12. The molecule has 0 atom stereocenters. The molecule has 5 nitrogen and oxygen atoms in total. The van der Waals surface area contributed by atoms with E-state index in [4.69, 9.17) is 21.7 Å². The van der Waals surface area contributed by atoms with Crippen molar-refractivity contribution in [1.82, 2.24) is 5.32 Å². The van der Waals surface area contributed by atoms with E-state index < -0.39 is 0 Å². The van der Waals surface area contributed by atoms with E-state index >= 15 is 0 Å². The first kappa shape index (κ1) is 26.1. The van der Waals surface area contributed by atoms with Crippen molar-refractivity contribution in [2.75, 3.05) is 18.5 Å². The summed E-state index contributed by atoms with van der Waals surface area (Å²) in [6.45, 7) is 7.57. The number of hydrogen-bond donors (Lipinski definition) is 2. The summed E-state index contributed by atoms with van der Waals surface area (Å²) < 4.78 is 12.4. The average Bonchev–Trinajstić information content (AvgIpc) is 2.76. The van der Waals surface area contributed by atoms with Crippen molar-refractivity contribution < 1.29 is 14.3 Å². The molecule has 0 saturated heterocycles. The summed E-state index contributed by atoms with van der Waals surface area (Å²) in [7, 11) is 0. The number of carbonyl (C=O) groups is 1. The Hall–Kier alpha value is -2.12. The van der Waals surface area contributed by atoms with Crippen molar-refractivity contribution in [3.05, 3.63) is 52.5 Å². The summed E-state index contributed by atoms with van der Waals surface area (Å²) in [4.78, 5) is 12.8. The number of hydrogen-bond acceptors (Lipinski definition) is 4. The van der Waals surface area contributed by atoms with E-state index in [2.05, 4.69) is 47.3 Å². The molecule has 1 amide bonds. The molecule has 2 aromatic carbocycles. The van der Waals surface area contributed by atoms with Crippen molar-refractivity contribution in [3.63, 3.8) is 0 Å².